The first-order valence-electron chi connectivity index (χ1n) is 26.7. The molecule has 0 saturated carbocycles. The Morgan fingerprint density at radius 2 is 0.733 bits per heavy atom. The Morgan fingerprint density at radius 3 is 1.31 bits per heavy atom. The van der Waals surface area contributed by atoms with E-state index in [0.29, 0.717) is 0 Å². The van der Waals surface area contributed by atoms with Crippen LogP contribution in [0.15, 0.2) is 243 Å². The Hall–Kier alpha value is -8.98. The monoisotopic (exact) mass is 958 g/mol. The largest absolute Gasteiger partial charge is 0.310 e. The van der Waals surface area contributed by atoms with Gasteiger partial charge < -0.3 is 9.80 Å². The van der Waals surface area contributed by atoms with Crippen molar-refractivity contribution in [3.05, 3.63) is 276 Å². The van der Waals surface area contributed by atoms with Crippen LogP contribution in [0.4, 0.5) is 34.1 Å². The molecule has 356 valence electrons. The second-order valence-corrected chi connectivity index (χ2v) is 21.5. The Labute approximate surface area is 439 Å². The second-order valence-electron chi connectivity index (χ2n) is 21.5. The molecule has 0 fully saturated rings. The van der Waals surface area contributed by atoms with Gasteiger partial charge in [0.1, 0.15) is 0 Å². The quantitative estimate of drug-likeness (QED) is 0.159. The van der Waals surface area contributed by atoms with Crippen LogP contribution in [0.5, 0.6) is 0 Å². The van der Waals surface area contributed by atoms with Crippen molar-refractivity contribution in [2.45, 2.75) is 44.9 Å². The summed E-state index contributed by atoms with van der Waals surface area (Å²) in [4.78, 5) is 5.06. The van der Waals surface area contributed by atoms with Crippen LogP contribution in [-0.2, 0) is 31.1 Å². The molecule has 0 N–H and O–H groups in total. The Kier molecular flexibility index (Phi) is 9.91. The first kappa shape index (κ1) is 43.6. The highest BCUT2D eigenvalue weighted by molar-refractivity contribution is 6.23. The maximum Gasteiger partial charge on any atom is 0.0493 e. The zero-order valence-electron chi connectivity index (χ0n) is 42.3. The van der Waals surface area contributed by atoms with Crippen molar-refractivity contribution in [1.82, 2.24) is 0 Å². The first-order chi connectivity index (χ1) is 36.9. The van der Waals surface area contributed by atoms with Crippen molar-refractivity contribution in [2.75, 3.05) is 9.80 Å². The molecule has 2 aliphatic heterocycles. The fourth-order valence-corrected chi connectivity index (χ4v) is 13.3. The molecule has 12 aromatic rings. The topological polar surface area (TPSA) is 6.48 Å². The lowest BCUT2D eigenvalue weighted by Crippen LogP contribution is -2.15. The predicted molar refractivity (Wildman–Crippen MR) is 317 cm³/mol. The summed E-state index contributed by atoms with van der Waals surface area (Å²) in [5.41, 5.74) is 25.3. The van der Waals surface area contributed by atoms with Crippen molar-refractivity contribution in [1.29, 1.82) is 0 Å². The van der Waals surface area contributed by atoms with Gasteiger partial charge in [-0.25, -0.2) is 0 Å². The summed E-state index contributed by atoms with van der Waals surface area (Å²) in [5.74, 6) is 0. The fourth-order valence-electron chi connectivity index (χ4n) is 13.3. The minimum Gasteiger partial charge on any atom is -0.310 e. The third-order valence-corrected chi connectivity index (χ3v) is 17.0. The number of fused-ring (bicyclic) bond motifs is 10. The summed E-state index contributed by atoms with van der Waals surface area (Å²) in [6.45, 7) is 4.80. The van der Waals surface area contributed by atoms with Gasteiger partial charge in [-0.3, -0.25) is 0 Å². The maximum absolute atomic E-state index is 2.53. The molecule has 0 radical (unpaired) electrons. The average molecular weight is 959 g/mol. The lowest BCUT2D eigenvalue weighted by Gasteiger charge is -2.29. The molecule has 3 aliphatic rings. The van der Waals surface area contributed by atoms with Gasteiger partial charge in [0, 0.05) is 39.5 Å². The number of rotatable bonds is 5. The number of para-hydroxylation sites is 4. The van der Waals surface area contributed by atoms with Gasteiger partial charge in [-0.05, 0) is 203 Å². The highest BCUT2D eigenvalue weighted by atomic mass is 15.2. The van der Waals surface area contributed by atoms with E-state index in [1.807, 2.05) is 0 Å². The molecule has 2 heterocycles. The van der Waals surface area contributed by atoms with Crippen LogP contribution in [0, 0.1) is 0 Å². The number of hydrogen-bond acceptors (Lipinski definition) is 2. The van der Waals surface area contributed by atoms with E-state index in [9.17, 15) is 0 Å². The fraction of sp³-hybridized carbons (Fsp3) is 0.0959. The molecule has 0 amide bonds. The number of hydrogen-bond donors (Lipinski definition) is 0. The van der Waals surface area contributed by atoms with Crippen LogP contribution in [0.3, 0.4) is 0 Å². The molecule has 15 rings (SSSR count). The summed E-state index contributed by atoms with van der Waals surface area (Å²) < 4.78 is 0. The average Bonchev–Trinajstić information content (AvgIpc) is 3.60. The van der Waals surface area contributed by atoms with Gasteiger partial charge in [-0.15, -0.1) is 0 Å². The van der Waals surface area contributed by atoms with Crippen molar-refractivity contribution >= 4 is 66.4 Å². The molecule has 0 bridgehead atoms. The van der Waals surface area contributed by atoms with Gasteiger partial charge in [0.05, 0.1) is 0 Å². The van der Waals surface area contributed by atoms with Crippen LogP contribution < -0.4 is 9.80 Å². The van der Waals surface area contributed by atoms with Gasteiger partial charge in [0.25, 0.3) is 0 Å². The van der Waals surface area contributed by atoms with Crippen LogP contribution in [-0.4, -0.2) is 0 Å². The van der Waals surface area contributed by atoms with E-state index in [2.05, 4.69) is 266 Å². The zero-order chi connectivity index (χ0) is 49.8. The Balaban J connectivity index is 1.05. The smallest absolute Gasteiger partial charge is 0.0493 e. The molecular weight excluding hydrogens is 905 g/mol. The van der Waals surface area contributed by atoms with E-state index in [1.54, 1.807) is 0 Å². The summed E-state index contributed by atoms with van der Waals surface area (Å²) in [7, 11) is 0. The second kappa shape index (κ2) is 17.0. The van der Waals surface area contributed by atoms with Crippen LogP contribution in [0.25, 0.3) is 76.8 Å². The first-order valence-corrected chi connectivity index (χ1v) is 26.7. The molecule has 0 spiro atoms. The van der Waals surface area contributed by atoms with Gasteiger partial charge in [-0.1, -0.05) is 190 Å². The van der Waals surface area contributed by atoms with Gasteiger partial charge >= 0.3 is 0 Å². The Bertz CT molecular complexity index is 4210. The van der Waals surface area contributed by atoms with E-state index in [0.717, 1.165) is 37.1 Å². The van der Waals surface area contributed by atoms with Crippen LogP contribution >= 0.6 is 0 Å². The van der Waals surface area contributed by atoms with Gasteiger partial charge in [0.2, 0.25) is 0 Å². The molecule has 0 unspecified atom stereocenters. The molecular formula is C73H54N2. The molecule has 2 nitrogen and oxygen atoms in total. The van der Waals surface area contributed by atoms with E-state index >= 15 is 0 Å². The van der Waals surface area contributed by atoms with Crippen LogP contribution in [0.1, 0.15) is 47.2 Å². The van der Waals surface area contributed by atoms with E-state index in [4.69, 9.17) is 0 Å². The highest BCUT2D eigenvalue weighted by Crippen LogP contribution is 2.54. The van der Waals surface area contributed by atoms with E-state index in [1.165, 1.54) is 133 Å². The number of aryl methyl sites for hydroxylation is 4. The van der Waals surface area contributed by atoms with E-state index in [-0.39, 0.29) is 5.41 Å². The van der Waals surface area contributed by atoms with Crippen molar-refractivity contribution in [2.24, 2.45) is 0 Å². The molecule has 12 aromatic carbocycles. The molecule has 0 atom stereocenters. The Morgan fingerprint density at radius 1 is 0.293 bits per heavy atom. The minimum absolute atomic E-state index is 0.165. The molecule has 2 heteroatoms. The number of anilines is 6. The molecule has 0 aromatic heterocycles. The molecule has 1 aliphatic carbocycles. The lowest BCUT2D eigenvalue weighted by atomic mass is 9.80. The predicted octanol–water partition coefficient (Wildman–Crippen LogP) is 19.6. The SMILES string of the molecule is CC1(C)c2ccccc2-c2ccc(-c3c4ccc(N5c6ccccc6CCc6ccccc65)cc4c(-c4cccc(-c5ccc6ccccc6c5)c4)c4ccc(N5c6ccccc6CCc6ccccc65)cc34)cc21. The normalized spacial score (nSPS) is 14.1. The standard InChI is InChI=1S/C73H54N2/c1-73(2)65-25-10-9-24-59(65)60-39-36-56(44-66(60)73)72-62-41-38-57(74-67-26-11-5-17-48(67)31-32-49-18-6-12-27-68(49)74)45-63(62)71(55-23-15-22-53(43-55)54-35-30-47-16-3-4-21-52(47)42-54)61-40-37-58(46-64(61)72)75-69-28-13-7-19-50(69)33-34-51-20-8-14-29-70(51)75/h3-30,35-46H,31-34H2,1-2H3. The van der Waals surface area contributed by atoms with Gasteiger partial charge in [-0.2, -0.15) is 0 Å². The summed E-state index contributed by atoms with van der Waals surface area (Å²) in [6.07, 6.45) is 3.97. The highest BCUT2D eigenvalue weighted by Gasteiger charge is 2.36. The minimum atomic E-state index is -0.165. The number of nitrogens with zero attached hydrogens (tertiary/aromatic N) is 2. The van der Waals surface area contributed by atoms with Crippen molar-refractivity contribution in [3.63, 3.8) is 0 Å². The third-order valence-electron chi connectivity index (χ3n) is 17.0. The van der Waals surface area contributed by atoms with Gasteiger partial charge in [0.15, 0.2) is 0 Å². The third kappa shape index (κ3) is 6.93. The summed E-state index contributed by atoms with van der Waals surface area (Å²) in [6, 6.07) is 92.0. The lowest BCUT2D eigenvalue weighted by molar-refractivity contribution is 0.660. The molecule has 75 heavy (non-hydrogen) atoms. The van der Waals surface area contributed by atoms with E-state index < -0.39 is 0 Å². The number of benzene rings is 12. The van der Waals surface area contributed by atoms with Crippen molar-refractivity contribution in [3.8, 4) is 44.5 Å². The zero-order valence-corrected chi connectivity index (χ0v) is 42.3. The summed E-state index contributed by atoms with van der Waals surface area (Å²) >= 11 is 0. The summed E-state index contributed by atoms with van der Waals surface area (Å²) in [5, 5.41) is 7.41. The van der Waals surface area contributed by atoms with Crippen molar-refractivity contribution < 1.29 is 0 Å². The van der Waals surface area contributed by atoms with Crippen LogP contribution in [0.2, 0.25) is 0 Å². The molecule has 0 saturated heterocycles. The maximum atomic E-state index is 2.53.